The molecule has 1 rings (SSSR count). The van der Waals surface area contributed by atoms with E-state index in [0.717, 1.165) is 6.42 Å². The summed E-state index contributed by atoms with van der Waals surface area (Å²) < 4.78 is 4.88. The number of carbonyl (C=O) groups is 1. The first-order chi connectivity index (χ1) is 11.9. The number of rotatable bonds is 16. The molecule has 0 N–H and O–H groups in total. The molecule has 0 heterocycles. The van der Waals surface area contributed by atoms with Gasteiger partial charge in [-0.05, 0) is 30.5 Å². The number of aryl methyl sites for hydroxylation is 1. The second-order valence-electron chi connectivity index (χ2n) is 6.85. The van der Waals surface area contributed by atoms with E-state index in [1.54, 1.807) is 0 Å². The Morgan fingerprint density at radius 2 is 1.33 bits per heavy atom. The minimum Gasteiger partial charge on any atom is -0.429 e. The van der Waals surface area contributed by atoms with Crippen LogP contribution in [0.2, 0.25) is 0 Å². The van der Waals surface area contributed by atoms with Gasteiger partial charge in [0.15, 0.2) is 0 Å². The van der Waals surface area contributed by atoms with E-state index in [-0.39, 0.29) is 0 Å². The molecular weight excluding hydrogens is 296 g/mol. The van der Waals surface area contributed by atoms with Crippen molar-refractivity contribution in [1.29, 1.82) is 0 Å². The highest BCUT2D eigenvalue weighted by Crippen LogP contribution is 2.16. The molecule has 0 aliphatic heterocycles. The monoisotopic (exact) mass is 332 g/mol. The summed E-state index contributed by atoms with van der Waals surface area (Å²) in [5, 5.41) is 0. The summed E-state index contributed by atoms with van der Waals surface area (Å²) in [5.74, 6) is 0.650. The number of ether oxygens (including phenoxy) is 1. The van der Waals surface area contributed by atoms with Gasteiger partial charge < -0.3 is 4.74 Å². The average Bonchev–Trinajstić information content (AvgIpc) is 2.60. The van der Waals surface area contributed by atoms with Crippen molar-refractivity contribution in [2.45, 2.75) is 96.8 Å². The lowest BCUT2D eigenvalue weighted by molar-refractivity contribution is -0.120. The van der Waals surface area contributed by atoms with Gasteiger partial charge in [-0.15, -0.1) is 0 Å². The van der Waals surface area contributed by atoms with Gasteiger partial charge in [-0.2, -0.15) is 0 Å². The van der Waals surface area contributed by atoms with Crippen LogP contribution in [0.5, 0.6) is 5.75 Å². The van der Waals surface area contributed by atoms with Crippen LogP contribution in [0.1, 0.15) is 96.0 Å². The van der Waals surface area contributed by atoms with Gasteiger partial charge in [0.05, 0.1) is 0 Å². The Morgan fingerprint density at radius 1 is 0.792 bits per heavy atom. The van der Waals surface area contributed by atoms with Crippen LogP contribution >= 0.6 is 0 Å². The highest BCUT2D eigenvalue weighted by molar-refractivity contribution is 5.45. The summed E-state index contributed by atoms with van der Waals surface area (Å²) in [6.45, 7) is 2.77. The van der Waals surface area contributed by atoms with E-state index >= 15 is 0 Å². The van der Waals surface area contributed by atoms with Crippen molar-refractivity contribution < 1.29 is 9.53 Å². The van der Waals surface area contributed by atoms with Crippen LogP contribution in [0.3, 0.4) is 0 Å². The lowest BCUT2D eigenvalue weighted by atomic mass is 10.0. The molecule has 0 aromatic heterocycles. The molecule has 0 atom stereocenters. The fraction of sp³-hybridized carbons (Fsp3) is 0.682. The smallest absolute Gasteiger partial charge is 0.298 e. The largest absolute Gasteiger partial charge is 0.429 e. The van der Waals surface area contributed by atoms with Crippen LogP contribution in [-0.4, -0.2) is 6.47 Å². The SMILES string of the molecule is CCCCCCCCCCCCCCCc1cccc(OC=O)c1. The van der Waals surface area contributed by atoms with E-state index in [9.17, 15) is 4.79 Å². The van der Waals surface area contributed by atoms with Gasteiger partial charge in [-0.3, -0.25) is 4.79 Å². The van der Waals surface area contributed by atoms with Crippen molar-refractivity contribution in [2.75, 3.05) is 0 Å². The molecule has 0 saturated heterocycles. The molecule has 1 aromatic rings. The zero-order valence-corrected chi connectivity index (χ0v) is 15.6. The van der Waals surface area contributed by atoms with E-state index < -0.39 is 0 Å². The molecule has 1 aromatic carbocycles. The number of hydrogen-bond acceptors (Lipinski definition) is 2. The van der Waals surface area contributed by atoms with Crippen LogP contribution in [0.25, 0.3) is 0 Å². The average molecular weight is 333 g/mol. The molecule has 0 saturated carbocycles. The Balaban J connectivity index is 1.88. The van der Waals surface area contributed by atoms with Crippen molar-refractivity contribution in [3.05, 3.63) is 29.8 Å². The van der Waals surface area contributed by atoms with Crippen LogP contribution in [0.4, 0.5) is 0 Å². The minimum absolute atomic E-state index is 0.490. The van der Waals surface area contributed by atoms with Gasteiger partial charge in [0, 0.05) is 0 Å². The summed E-state index contributed by atoms with van der Waals surface area (Å²) >= 11 is 0. The van der Waals surface area contributed by atoms with E-state index in [1.807, 2.05) is 18.2 Å². The van der Waals surface area contributed by atoms with E-state index in [1.165, 1.54) is 89.0 Å². The molecule has 0 spiro atoms. The second-order valence-corrected chi connectivity index (χ2v) is 6.85. The molecule has 136 valence electrons. The van der Waals surface area contributed by atoms with Gasteiger partial charge in [-0.1, -0.05) is 96.1 Å². The van der Waals surface area contributed by atoms with Crippen LogP contribution in [0, 0.1) is 0 Å². The number of carbonyl (C=O) groups excluding carboxylic acids is 1. The van der Waals surface area contributed by atoms with Crippen molar-refractivity contribution in [1.82, 2.24) is 0 Å². The third-order valence-electron chi connectivity index (χ3n) is 4.65. The first kappa shape index (κ1) is 20.7. The molecule has 0 aliphatic carbocycles. The molecule has 0 fully saturated rings. The molecular formula is C22H36O2. The molecule has 0 unspecified atom stereocenters. The predicted molar refractivity (Wildman–Crippen MR) is 103 cm³/mol. The number of benzene rings is 1. The highest BCUT2D eigenvalue weighted by atomic mass is 16.5. The first-order valence-corrected chi connectivity index (χ1v) is 10.1. The molecule has 0 bridgehead atoms. The van der Waals surface area contributed by atoms with Crippen molar-refractivity contribution in [2.24, 2.45) is 0 Å². The number of hydrogen-bond donors (Lipinski definition) is 0. The lowest BCUT2D eigenvalue weighted by Crippen LogP contribution is -1.91. The van der Waals surface area contributed by atoms with Crippen molar-refractivity contribution >= 4 is 6.47 Å². The zero-order valence-electron chi connectivity index (χ0n) is 15.6. The molecule has 24 heavy (non-hydrogen) atoms. The van der Waals surface area contributed by atoms with Crippen molar-refractivity contribution in [3.63, 3.8) is 0 Å². The third-order valence-corrected chi connectivity index (χ3v) is 4.65. The van der Waals surface area contributed by atoms with Gasteiger partial charge in [0.2, 0.25) is 0 Å². The standard InChI is InChI=1S/C22H36O2/c1-2-3-4-5-6-7-8-9-10-11-12-13-14-16-21-17-15-18-22(19-21)24-20-23/h15,17-20H,2-14,16H2,1H3. The fourth-order valence-corrected chi connectivity index (χ4v) is 3.18. The van der Waals surface area contributed by atoms with Crippen molar-refractivity contribution in [3.8, 4) is 5.75 Å². The van der Waals surface area contributed by atoms with Crippen LogP contribution in [-0.2, 0) is 11.2 Å². The maximum Gasteiger partial charge on any atom is 0.298 e. The Kier molecular flexibility index (Phi) is 13.2. The summed E-state index contributed by atoms with van der Waals surface area (Å²) in [6, 6.07) is 7.85. The first-order valence-electron chi connectivity index (χ1n) is 10.1. The number of unbranched alkanes of at least 4 members (excludes halogenated alkanes) is 12. The Hall–Kier alpha value is -1.31. The summed E-state index contributed by atoms with van der Waals surface area (Å²) in [4.78, 5) is 10.3. The highest BCUT2D eigenvalue weighted by Gasteiger charge is 1.98. The minimum atomic E-state index is 0.490. The fourth-order valence-electron chi connectivity index (χ4n) is 3.18. The van der Waals surface area contributed by atoms with Gasteiger partial charge in [0.1, 0.15) is 5.75 Å². The second kappa shape index (κ2) is 15.2. The summed E-state index contributed by atoms with van der Waals surface area (Å²) in [5.41, 5.74) is 1.26. The Labute approximate surface area is 149 Å². The quantitative estimate of drug-likeness (QED) is 0.244. The maximum atomic E-state index is 10.3. The van der Waals surface area contributed by atoms with Gasteiger partial charge in [-0.25, -0.2) is 0 Å². The molecule has 2 heteroatoms. The molecule has 0 aliphatic rings. The predicted octanol–water partition coefficient (Wildman–Crippen LogP) is 6.86. The van der Waals surface area contributed by atoms with Crippen LogP contribution < -0.4 is 4.74 Å². The lowest BCUT2D eigenvalue weighted by Gasteiger charge is -2.05. The maximum absolute atomic E-state index is 10.3. The van der Waals surface area contributed by atoms with E-state index in [2.05, 4.69) is 13.0 Å². The third kappa shape index (κ3) is 11.3. The molecule has 0 radical (unpaired) electrons. The van der Waals surface area contributed by atoms with Crippen LogP contribution in [0.15, 0.2) is 24.3 Å². The Morgan fingerprint density at radius 3 is 1.88 bits per heavy atom. The summed E-state index contributed by atoms with van der Waals surface area (Å²) in [7, 11) is 0. The Bertz CT molecular complexity index is 414. The molecule has 0 amide bonds. The van der Waals surface area contributed by atoms with E-state index in [0.29, 0.717) is 12.2 Å². The normalized spacial score (nSPS) is 10.7. The summed E-state index contributed by atoms with van der Waals surface area (Å²) in [6.07, 6.45) is 19.1. The van der Waals surface area contributed by atoms with Gasteiger partial charge >= 0.3 is 0 Å². The van der Waals surface area contributed by atoms with E-state index in [4.69, 9.17) is 4.74 Å². The topological polar surface area (TPSA) is 26.3 Å². The zero-order chi connectivity index (χ0) is 17.3. The molecule has 2 nitrogen and oxygen atoms in total. The van der Waals surface area contributed by atoms with Gasteiger partial charge in [0.25, 0.3) is 6.47 Å².